The highest BCUT2D eigenvalue weighted by molar-refractivity contribution is 5.18. The van der Waals surface area contributed by atoms with Gasteiger partial charge < -0.3 is 11.2 Å². The van der Waals surface area contributed by atoms with Crippen molar-refractivity contribution in [3.63, 3.8) is 0 Å². The van der Waals surface area contributed by atoms with Gasteiger partial charge in [0.15, 0.2) is 0 Å². The number of nitrogens with two attached hydrogens (primary N) is 1. The molecule has 80 valence electrons. The molecule has 0 spiro atoms. The summed E-state index contributed by atoms with van der Waals surface area (Å²) in [6, 6.07) is 4.45. The van der Waals surface area contributed by atoms with Gasteiger partial charge in [-0.2, -0.15) is 0 Å². The monoisotopic (exact) mass is 196 g/mol. The van der Waals surface area contributed by atoms with Crippen molar-refractivity contribution in [3.8, 4) is 0 Å². The molecule has 1 aromatic heterocycles. The van der Waals surface area contributed by atoms with E-state index in [1.54, 1.807) is 0 Å². The van der Waals surface area contributed by atoms with Gasteiger partial charge in [0.05, 0.1) is 0 Å². The highest BCUT2D eigenvalue weighted by Gasteiger charge is 1.99. The SMILES string of the molecule is Cc1ncccc1CCC[C@H](C)N.O. The van der Waals surface area contributed by atoms with Gasteiger partial charge in [0.25, 0.3) is 0 Å². The van der Waals surface area contributed by atoms with Gasteiger partial charge in [-0.05, 0) is 44.7 Å². The van der Waals surface area contributed by atoms with Crippen molar-refractivity contribution in [3.05, 3.63) is 29.6 Å². The molecular formula is C11H20N2O. The summed E-state index contributed by atoms with van der Waals surface area (Å²) in [6.45, 7) is 4.11. The van der Waals surface area contributed by atoms with Crippen molar-refractivity contribution in [2.45, 2.75) is 39.2 Å². The molecule has 0 unspecified atom stereocenters. The van der Waals surface area contributed by atoms with Crippen LogP contribution in [0.2, 0.25) is 0 Å². The molecule has 1 heterocycles. The topological polar surface area (TPSA) is 70.4 Å². The lowest BCUT2D eigenvalue weighted by atomic mass is 10.1. The van der Waals surface area contributed by atoms with E-state index in [9.17, 15) is 0 Å². The summed E-state index contributed by atoms with van der Waals surface area (Å²) >= 11 is 0. The molecule has 14 heavy (non-hydrogen) atoms. The Labute approximate surface area is 85.7 Å². The van der Waals surface area contributed by atoms with E-state index in [2.05, 4.69) is 24.9 Å². The van der Waals surface area contributed by atoms with E-state index in [4.69, 9.17) is 5.73 Å². The van der Waals surface area contributed by atoms with Gasteiger partial charge in [-0.25, -0.2) is 0 Å². The molecule has 0 amide bonds. The molecule has 1 atom stereocenters. The number of hydrogen-bond donors (Lipinski definition) is 1. The second-order valence-corrected chi connectivity index (χ2v) is 3.62. The van der Waals surface area contributed by atoms with Gasteiger partial charge in [0, 0.05) is 17.9 Å². The first kappa shape index (κ1) is 13.1. The molecule has 0 radical (unpaired) electrons. The van der Waals surface area contributed by atoms with Crippen LogP contribution in [0.25, 0.3) is 0 Å². The number of hydrogen-bond acceptors (Lipinski definition) is 2. The zero-order valence-corrected chi connectivity index (χ0v) is 8.96. The van der Waals surface area contributed by atoms with E-state index in [0.717, 1.165) is 25.0 Å². The van der Waals surface area contributed by atoms with Crippen molar-refractivity contribution >= 4 is 0 Å². The van der Waals surface area contributed by atoms with E-state index < -0.39 is 0 Å². The van der Waals surface area contributed by atoms with Crippen LogP contribution in [0, 0.1) is 6.92 Å². The van der Waals surface area contributed by atoms with Crippen LogP contribution in [0.15, 0.2) is 18.3 Å². The van der Waals surface area contributed by atoms with Crippen molar-refractivity contribution in [2.24, 2.45) is 5.73 Å². The third kappa shape index (κ3) is 4.35. The van der Waals surface area contributed by atoms with E-state index in [-0.39, 0.29) is 5.48 Å². The number of aryl methyl sites for hydroxylation is 2. The molecule has 0 saturated heterocycles. The molecule has 0 aliphatic heterocycles. The molecule has 0 saturated carbocycles. The van der Waals surface area contributed by atoms with E-state index in [1.165, 1.54) is 5.56 Å². The third-order valence-electron chi connectivity index (χ3n) is 2.22. The summed E-state index contributed by atoms with van der Waals surface area (Å²) in [7, 11) is 0. The van der Waals surface area contributed by atoms with E-state index in [0.29, 0.717) is 6.04 Å². The highest BCUT2D eigenvalue weighted by atomic mass is 16.0. The molecule has 3 nitrogen and oxygen atoms in total. The Hall–Kier alpha value is -0.930. The smallest absolute Gasteiger partial charge is 0.0404 e. The lowest BCUT2D eigenvalue weighted by molar-refractivity contribution is 0.622. The summed E-state index contributed by atoms with van der Waals surface area (Å²) in [5.74, 6) is 0. The average molecular weight is 196 g/mol. The number of nitrogens with zero attached hydrogens (tertiary/aromatic N) is 1. The fourth-order valence-electron chi connectivity index (χ4n) is 1.40. The second kappa shape index (κ2) is 6.51. The van der Waals surface area contributed by atoms with Crippen LogP contribution in [0.4, 0.5) is 0 Å². The molecule has 1 aromatic rings. The Bertz CT molecular complexity index is 261. The van der Waals surface area contributed by atoms with Crippen molar-refractivity contribution in [1.29, 1.82) is 0 Å². The minimum Gasteiger partial charge on any atom is -0.412 e. The van der Waals surface area contributed by atoms with Crippen molar-refractivity contribution < 1.29 is 5.48 Å². The summed E-state index contributed by atoms with van der Waals surface area (Å²) in [5, 5.41) is 0. The van der Waals surface area contributed by atoms with Gasteiger partial charge >= 0.3 is 0 Å². The van der Waals surface area contributed by atoms with Crippen LogP contribution in [0.5, 0.6) is 0 Å². The Morgan fingerprint density at radius 3 is 2.79 bits per heavy atom. The third-order valence-corrected chi connectivity index (χ3v) is 2.22. The van der Waals surface area contributed by atoms with Gasteiger partial charge in [-0.3, -0.25) is 4.98 Å². The first-order valence-corrected chi connectivity index (χ1v) is 4.86. The lowest BCUT2D eigenvalue weighted by Gasteiger charge is -2.06. The standard InChI is InChI=1S/C11H18N2.H2O/c1-9(12)5-3-6-11-7-4-8-13-10(11)2;/h4,7-9H,3,5-6,12H2,1-2H3;1H2/t9-;/m0./s1. The maximum atomic E-state index is 5.68. The van der Waals surface area contributed by atoms with Gasteiger partial charge in [-0.15, -0.1) is 0 Å². The molecule has 1 rings (SSSR count). The Morgan fingerprint density at radius 2 is 2.21 bits per heavy atom. The predicted octanol–water partition coefficient (Wildman–Crippen LogP) is 1.24. The Morgan fingerprint density at radius 1 is 1.50 bits per heavy atom. The fourth-order valence-corrected chi connectivity index (χ4v) is 1.40. The van der Waals surface area contributed by atoms with E-state index in [1.807, 2.05) is 12.3 Å². The molecular weight excluding hydrogens is 176 g/mol. The van der Waals surface area contributed by atoms with Crippen LogP contribution in [0.1, 0.15) is 31.0 Å². The lowest BCUT2D eigenvalue weighted by Crippen LogP contribution is -2.14. The van der Waals surface area contributed by atoms with Crippen LogP contribution in [-0.4, -0.2) is 16.5 Å². The zero-order chi connectivity index (χ0) is 9.68. The van der Waals surface area contributed by atoms with Gasteiger partial charge in [0.1, 0.15) is 0 Å². The normalized spacial score (nSPS) is 11.9. The first-order valence-electron chi connectivity index (χ1n) is 4.86. The van der Waals surface area contributed by atoms with Crippen LogP contribution >= 0.6 is 0 Å². The minimum atomic E-state index is 0. The summed E-state index contributed by atoms with van der Waals surface area (Å²) in [4.78, 5) is 4.25. The van der Waals surface area contributed by atoms with Gasteiger partial charge in [-0.1, -0.05) is 6.07 Å². The quantitative estimate of drug-likeness (QED) is 0.787. The molecule has 0 aliphatic rings. The minimum absolute atomic E-state index is 0. The predicted molar refractivity (Wildman–Crippen MR) is 59.2 cm³/mol. The van der Waals surface area contributed by atoms with Gasteiger partial charge in [0.2, 0.25) is 0 Å². The number of rotatable bonds is 4. The molecule has 0 bridgehead atoms. The summed E-state index contributed by atoms with van der Waals surface area (Å²) in [6.07, 6.45) is 5.18. The molecule has 4 N–H and O–H groups in total. The molecule has 3 heteroatoms. The number of aromatic nitrogens is 1. The summed E-state index contributed by atoms with van der Waals surface area (Å²) < 4.78 is 0. The summed E-state index contributed by atoms with van der Waals surface area (Å²) in [5.41, 5.74) is 8.17. The largest absolute Gasteiger partial charge is 0.412 e. The zero-order valence-electron chi connectivity index (χ0n) is 8.96. The maximum absolute atomic E-state index is 5.68. The van der Waals surface area contributed by atoms with Crippen molar-refractivity contribution in [1.82, 2.24) is 4.98 Å². The molecule has 0 aliphatic carbocycles. The van der Waals surface area contributed by atoms with Crippen LogP contribution < -0.4 is 5.73 Å². The van der Waals surface area contributed by atoms with Crippen molar-refractivity contribution in [2.75, 3.05) is 0 Å². The Balaban J connectivity index is 0.00000169. The fraction of sp³-hybridized carbons (Fsp3) is 0.545. The molecule has 0 fully saturated rings. The van der Waals surface area contributed by atoms with Crippen LogP contribution in [-0.2, 0) is 6.42 Å². The van der Waals surface area contributed by atoms with E-state index >= 15 is 0 Å². The Kier molecular flexibility index (Phi) is 6.08. The first-order chi connectivity index (χ1) is 6.20. The van der Waals surface area contributed by atoms with Crippen LogP contribution in [0.3, 0.4) is 0 Å². The number of pyridine rings is 1. The highest BCUT2D eigenvalue weighted by Crippen LogP contribution is 2.08. The second-order valence-electron chi connectivity index (χ2n) is 3.62. The average Bonchev–Trinajstić information content (AvgIpc) is 2.08. The molecule has 0 aromatic carbocycles. The maximum Gasteiger partial charge on any atom is 0.0404 e.